The van der Waals surface area contributed by atoms with Gasteiger partial charge in [-0.2, -0.15) is 0 Å². The van der Waals surface area contributed by atoms with Crippen LogP contribution in [0.5, 0.6) is 0 Å². The lowest BCUT2D eigenvalue weighted by Gasteiger charge is -2.26. The standard InChI is InChI=1S/C19H19NO5/c1-13(21)25-12-16(22)20-18(19(23)24)17(14-8-4-2-5-9-14)15-10-6-3-7-11-15/h2-11,17-18H,12H2,1H3,(H,20,22)(H,23,24)/t18-/m0/s1. The number of amides is 1. The number of benzene rings is 2. The monoisotopic (exact) mass is 341 g/mol. The molecule has 2 rings (SSSR count). The second-order valence-electron chi connectivity index (χ2n) is 5.46. The Balaban J connectivity index is 2.33. The van der Waals surface area contributed by atoms with Gasteiger partial charge in [0, 0.05) is 12.8 Å². The van der Waals surface area contributed by atoms with E-state index in [2.05, 4.69) is 10.1 Å². The second-order valence-corrected chi connectivity index (χ2v) is 5.46. The highest BCUT2D eigenvalue weighted by Gasteiger charge is 2.32. The fourth-order valence-electron chi connectivity index (χ4n) is 2.57. The van der Waals surface area contributed by atoms with Gasteiger partial charge in [0.05, 0.1) is 0 Å². The van der Waals surface area contributed by atoms with Crippen LogP contribution in [0.3, 0.4) is 0 Å². The third-order valence-corrected chi connectivity index (χ3v) is 3.64. The summed E-state index contributed by atoms with van der Waals surface area (Å²) in [6.07, 6.45) is 0. The molecule has 0 aliphatic rings. The molecule has 2 aromatic carbocycles. The summed E-state index contributed by atoms with van der Waals surface area (Å²) in [7, 11) is 0. The van der Waals surface area contributed by atoms with E-state index in [-0.39, 0.29) is 0 Å². The van der Waals surface area contributed by atoms with E-state index in [9.17, 15) is 19.5 Å². The fourth-order valence-corrected chi connectivity index (χ4v) is 2.57. The fraction of sp³-hybridized carbons (Fsp3) is 0.211. The number of carboxylic acid groups (broad SMARTS) is 1. The van der Waals surface area contributed by atoms with Crippen molar-refractivity contribution in [2.45, 2.75) is 18.9 Å². The first-order chi connectivity index (χ1) is 12.0. The Morgan fingerprint density at radius 3 is 1.84 bits per heavy atom. The van der Waals surface area contributed by atoms with Crippen LogP contribution in [0.1, 0.15) is 24.0 Å². The highest BCUT2D eigenvalue weighted by Crippen LogP contribution is 2.28. The number of hydrogen-bond acceptors (Lipinski definition) is 4. The van der Waals surface area contributed by atoms with Crippen molar-refractivity contribution in [3.63, 3.8) is 0 Å². The first kappa shape index (κ1) is 18.2. The number of ether oxygens (including phenoxy) is 1. The number of carbonyl (C=O) groups excluding carboxylic acids is 2. The summed E-state index contributed by atoms with van der Waals surface area (Å²) in [6.45, 7) is 0.661. The summed E-state index contributed by atoms with van der Waals surface area (Å²) >= 11 is 0. The van der Waals surface area contributed by atoms with Crippen LogP contribution in [0.15, 0.2) is 60.7 Å². The third-order valence-electron chi connectivity index (χ3n) is 3.64. The molecule has 130 valence electrons. The SMILES string of the molecule is CC(=O)OCC(=O)N[C@H](C(=O)O)C(c1ccccc1)c1ccccc1. The first-order valence-corrected chi connectivity index (χ1v) is 7.74. The summed E-state index contributed by atoms with van der Waals surface area (Å²) < 4.78 is 4.63. The molecule has 0 unspecified atom stereocenters. The molecule has 1 amide bonds. The summed E-state index contributed by atoms with van der Waals surface area (Å²) in [4.78, 5) is 34.6. The Morgan fingerprint density at radius 1 is 0.960 bits per heavy atom. The molecular weight excluding hydrogens is 322 g/mol. The van der Waals surface area contributed by atoms with E-state index in [4.69, 9.17) is 0 Å². The van der Waals surface area contributed by atoms with Crippen molar-refractivity contribution >= 4 is 17.8 Å². The maximum absolute atomic E-state index is 12.0. The lowest BCUT2D eigenvalue weighted by molar-refractivity contribution is -0.148. The molecule has 1 atom stereocenters. The largest absolute Gasteiger partial charge is 0.480 e. The minimum Gasteiger partial charge on any atom is -0.480 e. The van der Waals surface area contributed by atoms with Crippen molar-refractivity contribution < 1.29 is 24.2 Å². The Labute approximate surface area is 145 Å². The van der Waals surface area contributed by atoms with Gasteiger partial charge in [-0.3, -0.25) is 9.59 Å². The smallest absolute Gasteiger partial charge is 0.327 e. The van der Waals surface area contributed by atoms with Crippen molar-refractivity contribution in [3.8, 4) is 0 Å². The zero-order valence-electron chi connectivity index (χ0n) is 13.7. The normalized spacial score (nSPS) is 11.6. The maximum atomic E-state index is 12.0. The average Bonchev–Trinajstić information content (AvgIpc) is 2.61. The first-order valence-electron chi connectivity index (χ1n) is 7.74. The lowest BCUT2D eigenvalue weighted by atomic mass is 9.85. The third kappa shape index (κ3) is 5.17. The van der Waals surface area contributed by atoms with Crippen molar-refractivity contribution in [2.24, 2.45) is 0 Å². The molecule has 0 saturated heterocycles. The molecule has 6 heteroatoms. The van der Waals surface area contributed by atoms with Gasteiger partial charge in [-0.05, 0) is 11.1 Å². The summed E-state index contributed by atoms with van der Waals surface area (Å²) in [6, 6.07) is 17.0. The molecule has 2 aromatic rings. The van der Waals surface area contributed by atoms with Crippen molar-refractivity contribution in [3.05, 3.63) is 71.8 Å². The molecule has 0 saturated carbocycles. The van der Waals surface area contributed by atoms with Crippen LogP contribution >= 0.6 is 0 Å². The van der Waals surface area contributed by atoms with E-state index < -0.39 is 36.4 Å². The molecule has 6 nitrogen and oxygen atoms in total. The van der Waals surface area contributed by atoms with Crippen molar-refractivity contribution in [1.29, 1.82) is 0 Å². The zero-order chi connectivity index (χ0) is 18.2. The topological polar surface area (TPSA) is 92.7 Å². The highest BCUT2D eigenvalue weighted by atomic mass is 16.5. The minimum atomic E-state index is -1.20. The van der Waals surface area contributed by atoms with Crippen molar-refractivity contribution in [1.82, 2.24) is 5.32 Å². The summed E-state index contributed by atoms with van der Waals surface area (Å²) in [5.74, 6) is -3.03. The van der Waals surface area contributed by atoms with E-state index in [1.165, 1.54) is 6.92 Å². The van der Waals surface area contributed by atoms with Gasteiger partial charge in [0.2, 0.25) is 0 Å². The van der Waals surface area contributed by atoms with Gasteiger partial charge in [-0.1, -0.05) is 60.7 Å². The number of aliphatic carboxylic acids is 1. The quantitative estimate of drug-likeness (QED) is 0.751. The van der Waals surface area contributed by atoms with E-state index in [1.54, 1.807) is 0 Å². The number of rotatable bonds is 7. The van der Waals surface area contributed by atoms with Crippen LogP contribution in [0.2, 0.25) is 0 Å². The van der Waals surface area contributed by atoms with Crippen LogP contribution in [0, 0.1) is 0 Å². The van der Waals surface area contributed by atoms with Gasteiger partial charge in [-0.15, -0.1) is 0 Å². The van der Waals surface area contributed by atoms with Crippen LogP contribution in [-0.4, -0.2) is 35.6 Å². The van der Waals surface area contributed by atoms with Gasteiger partial charge < -0.3 is 15.2 Å². The van der Waals surface area contributed by atoms with E-state index in [0.717, 1.165) is 11.1 Å². The molecule has 0 bridgehead atoms. The van der Waals surface area contributed by atoms with Gasteiger partial charge in [0.1, 0.15) is 6.04 Å². The van der Waals surface area contributed by atoms with Gasteiger partial charge in [0.15, 0.2) is 6.61 Å². The second kappa shape index (κ2) is 8.63. The zero-order valence-corrected chi connectivity index (χ0v) is 13.7. The Morgan fingerprint density at radius 2 is 1.44 bits per heavy atom. The molecule has 0 spiro atoms. The lowest BCUT2D eigenvalue weighted by Crippen LogP contribution is -2.46. The maximum Gasteiger partial charge on any atom is 0.327 e. The van der Waals surface area contributed by atoms with Crippen LogP contribution in [0.25, 0.3) is 0 Å². The molecule has 0 aliphatic carbocycles. The van der Waals surface area contributed by atoms with Gasteiger partial charge >= 0.3 is 11.9 Å². The molecular formula is C19H19NO5. The summed E-state index contributed by atoms with van der Waals surface area (Å²) in [5, 5.41) is 12.1. The van der Waals surface area contributed by atoms with Gasteiger partial charge in [-0.25, -0.2) is 4.79 Å². The number of nitrogens with one attached hydrogen (secondary N) is 1. The Hall–Kier alpha value is -3.15. The molecule has 2 N–H and O–H groups in total. The predicted molar refractivity (Wildman–Crippen MR) is 90.9 cm³/mol. The van der Waals surface area contributed by atoms with Crippen LogP contribution in [-0.2, 0) is 19.1 Å². The highest BCUT2D eigenvalue weighted by molar-refractivity contribution is 5.86. The molecule has 0 radical (unpaired) electrons. The van der Waals surface area contributed by atoms with E-state index >= 15 is 0 Å². The minimum absolute atomic E-state index is 0.518. The van der Waals surface area contributed by atoms with Crippen LogP contribution in [0.4, 0.5) is 0 Å². The molecule has 25 heavy (non-hydrogen) atoms. The number of hydrogen-bond donors (Lipinski definition) is 2. The molecule has 0 fully saturated rings. The Kier molecular flexibility index (Phi) is 6.28. The van der Waals surface area contributed by atoms with E-state index in [1.807, 2.05) is 60.7 Å². The number of carbonyl (C=O) groups is 3. The van der Waals surface area contributed by atoms with Crippen molar-refractivity contribution in [2.75, 3.05) is 6.61 Å². The Bertz CT molecular complexity index is 690. The molecule has 0 aliphatic heterocycles. The number of esters is 1. The summed E-state index contributed by atoms with van der Waals surface area (Å²) in [5.41, 5.74) is 1.52. The number of carboxylic acids is 1. The molecule has 0 aromatic heterocycles. The van der Waals surface area contributed by atoms with Gasteiger partial charge in [0.25, 0.3) is 5.91 Å². The predicted octanol–water partition coefficient (Wildman–Crippen LogP) is 1.95. The average molecular weight is 341 g/mol. The van der Waals surface area contributed by atoms with E-state index in [0.29, 0.717) is 0 Å². The van der Waals surface area contributed by atoms with Crippen LogP contribution < -0.4 is 5.32 Å². The molecule has 0 heterocycles.